The van der Waals surface area contributed by atoms with Crippen LogP contribution in [0.1, 0.15) is 11.1 Å². The molecule has 2 aromatic heterocycles. The number of carbonyl (C=O) groups is 1. The highest BCUT2D eigenvalue weighted by molar-refractivity contribution is 6.01. The molecule has 0 saturated carbocycles. The Morgan fingerprint density at radius 3 is 2.50 bits per heavy atom. The molecule has 0 radical (unpaired) electrons. The Morgan fingerprint density at radius 2 is 1.76 bits per heavy atom. The molecule has 34 heavy (non-hydrogen) atoms. The van der Waals surface area contributed by atoms with E-state index in [0.29, 0.717) is 17.1 Å². The second-order valence-corrected chi connectivity index (χ2v) is 7.16. The molecule has 168 valence electrons. The van der Waals surface area contributed by atoms with Crippen molar-refractivity contribution in [3.8, 4) is 23.4 Å². The zero-order valence-corrected chi connectivity index (χ0v) is 18.3. The topological polar surface area (TPSA) is 106 Å². The standard InChI is InChI=1S/C26H20N4O4/c1-33-21-11-5-6-12-22(21)34-25-20(26(32)30-14-8-7-13-23(30)29-25)15-19(16-27)24(31)28-17-18-9-3-2-4-10-18/h2-15H,17H2,1H3,(H,28,31)/b19-15+. The van der Waals surface area contributed by atoms with Crippen molar-refractivity contribution in [3.05, 3.63) is 106 Å². The van der Waals surface area contributed by atoms with E-state index in [4.69, 9.17) is 9.47 Å². The molecule has 0 spiro atoms. The number of pyridine rings is 1. The SMILES string of the molecule is COc1ccccc1Oc1nc2ccccn2c(=O)c1/C=C(\C#N)C(=O)NCc1ccccc1. The Bertz CT molecular complexity index is 1470. The van der Waals surface area contributed by atoms with Crippen LogP contribution >= 0.6 is 0 Å². The molecule has 2 aromatic carbocycles. The van der Waals surface area contributed by atoms with E-state index < -0.39 is 11.5 Å². The molecular weight excluding hydrogens is 432 g/mol. The van der Waals surface area contributed by atoms with Crippen LogP contribution in [0, 0.1) is 11.3 Å². The van der Waals surface area contributed by atoms with Gasteiger partial charge in [0.1, 0.15) is 22.9 Å². The monoisotopic (exact) mass is 452 g/mol. The largest absolute Gasteiger partial charge is 0.493 e. The lowest BCUT2D eigenvalue weighted by Gasteiger charge is -2.12. The minimum absolute atomic E-state index is 0.0407. The summed E-state index contributed by atoms with van der Waals surface area (Å²) in [6, 6.07) is 23.1. The zero-order valence-electron chi connectivity index (χ0n) is 18.3. The van der Waals surface area contributed by atoms with Crippen molar-refractivity contribution in [2.45, 2.75) is 6.54 Å². The van der Waals surface area contributed by atoms with Crippen molar-refractivity contribution in [1.29, 1.82) is 5.26 Å². The van der Waals surface area contributed by atoms with Gasteiger partial charge in [-0.05, 0) is 35.9 Å². The first-order chi connectivity index (χ1) is 16.6. The van der Waals surface area contributed by atoms with Crippen molar-refractivity contribution in [2.24, 2.45) is 0 Å². The van der Waals surface area contributed by atoms with Crippen LogP contribution in [0.5, 0.6) is 17.4 Å². The summed E-state index contributed by atoms with van der Waals surface area (Å²) in [5.74, 6) is 0.101. The van der Waals surface area contributed by atoms with Gasteiger partial charge >= 0.3 is 0 Å². The number of ether oxygens (including phenoxy) is 2. The number of para-hydroxylation sites is 2. The van der Waals surface area contributed by atoms with Crippen molar-refractivity contribution in [2.75, 3.05) is 7.11 Å². The van der Waals surface area contributed by atoms with E-state index in [2.05, 4.69) is 10.3 Å². The van der Waals surface area contributed by atoms with Gasteiger partial charge in [0.25, 0.3) is 11.5 Å². The molecule has 8 nitrogen and oxygen atoms in total. The molecule has 2 heterocycles. The lowest BCUT2D eigenvalue weighted by molar-refractivity contribution is -0.117. The Balaban J connectivity index is 1.76. The second kappa shape index (κ2) is 10.1. The van der Waals surface area contributed by atoms with E-state index in [1.165, 1.54) is 17.6 Å². The first kappa shape index (κ1) is 22.3. The van der Waals surface area contributed by atoms with Crippen molar-refractivity contribution < 1.29 is 14.3 Å². The van der Waals surface area contributed by atoms with E-state index >= 15 is 0 Å². The number of amides is 1. The van der Waals surface area contributed by atoms with Crippen molar-refractivity contribution >= 4 is 17.6 Å². The third kappa shape index (κ3) is 4.79. The van der Waals surface area contributed by atoms with Gasteiger partial charge in [0, 0.05) is 12.7 Å². The molecule has 4 rings (SSSR count). The fourth-order valence-corrected chi connectivity index (χ4v) is 3.26. The summed E-state index contributed by atoms with van der Waals surface area (Å²) in [6.45, 7) is 0.234. The maximum Gasteiger partial charge on any atom is 0.269 e. The number of benzene rings is 2. The summed E-state index contributed by atoms with van der Waals surface area (Å²) >= 11 is 0. The highest BCUT2D eigenvalue weighted by atomic mass is 16.5. The van der Waals surface area contributed by atoms with Gasteiger partial charge < -0.3 is 14.8 Å². The average molecular weight is 452 g/mol. The fraction of sp³-hybridized carbons (Fsp3) is 0.0769. The lowest BCUT2D eigenvalue weighted by Crippen LogP contribution is -2.25. The molecule has 0 aliphatic heterocycles. The van der Waals surface area contributed by atoms with Gasteiger partial charge in [0.15, 0.2) is 11.5 Å². The minimum Gasteiger partial charge on any atom is -0.493 e. The van der Waals surface area contributed by atoms with Crippen LogP contribution in [0.2, 0.25) is 0 Å². The number of carbonyl (C=O) groups excluding carboxylic acids is 1. The highest BCUT2D eigenvalue weighted by Crippen LogP contribution is 2.31. The molecule has 1 N–H and O–H groups in total. The number of methoxy groups -OCH3 is 1. The molecule has 0 fully saturated rings. The first-order valence-corrected chi connectivity index (χ1v) is 10.4. The molecule has 0 aliphatic carbocycles. The molecule has 0 atom stereocenters. The molecule has 8 heteroatoms. The highest BCUT2D eigenvalue weighted by Gasteiger charge is 2.18. The van der Waals surface area contributed by atoms with Crippen LogP contribution in [0.25, 0.3) is 11.7 Å². The van der Waals surface area contributed by atoms with Gasteiger partial charge in [-0.2, -0.15) is 10.2 Å². The van der Waals surface area contributed by atoms with Gasteiger partial charge in [-0.1, -0.05) is 48.5 Å². The summed E-state index contributed by atoms with van der Waals surface area (Å²) < 4.78 is 12.6. The van der Waals surface area contributed by atoms with Gasteiger partial charge in [0.05, 0.1) is 7.11 Å². The molecule has 0 saturated heterocycles. The maximum absolute atomic E-state index is 13.3. The number of fused-ring (bicyclic) bond motifs is 1. The summed E-state index contributed by atoms with van der Waals surface area (Å²) in [7, 11) is 1.50. The third-order valence-corrected chi connectivity index (χ3v) is 4.96. The van der Waals surface area contributed by atoms with E-state index in [1.807, 2.05) is 36.4 Å². The van der Waals surface area contributed by atoms with Gasteiger partial charge in [-0.25, -0.2) is 0 Å². The van der Waals surface area contributed by atoms with Gasteiger partial charge in [0.2, 0.25) is 5.88 Å². The maximum atomic E-state index is 13.3. The first-order valence-electron chi connectivity index (χ1n) is 10.4. The predicted molar refractivity (Wildman–Crippen MR) is 126 cm³/mol. The van der Waals surface area contributed by atoms with Crippen LogP contribution in [0.3, 0.4) is 0 Å². The Morgan fingerprint density at radius 1 is 1.06 bits per heavy atom. The van der Waals surface area contributed by atoms with Crippen LogP contribution in [-0.4, -0.2) is 22.4 Å². The molecule has 0 unspecified atom stereocenters. The van der Waals surface area contributed by atoms with Crippen LogP contribution < -0.4 is 20.3 Å². The number of aromatic nitrogens is 2. The second-order valence-electron chi connectivity index (χ2n) is 7.16. The lowest BCUT2D eigenvalue weighted by atomic mass is 10.1. The summed E-state index contributed by atoms with van der Waals surface area (Å²) in [4.78, 5) is 30.4. The number of hydrogen-bond donors (Lipinski definition) is 1. The quantitative estimate of drug-likeness (QED) is 0.338. The number of nitrogens with one attached hydrogen (secondary N) is 1. The minimum atomic E-state index is -0.618. The molecule has 0 bridgehead atoms. The summed E-state index contributed by atoms with van der Waals surface area (Å²) in [5.41, 5.74) is 0.443. The zero-order chi connectivity index (χ0) is 23.9. The van der Waals surface area contributed by atoms with E-state index in [1.54, 1.807) is 48.7 Å². The van der Waals surface area contributed by atoms with Gasteiger partial charge in [-0.15, -0.1) is 0 Å². The Kier molecular flexibility index (Phi) is 6.65. The molecule has 4 aromatic rings. The van der Waals surface area contributed by atoms with Crippen molar-refractivity contribution in [1.82, 2.24) is 14.7 Å². The Labute approximate surface area is 195 Å². The Hall–Kier alpha value is -4.90. The molecule has 0 aliphatic rings. The van der Waals surface area contributed by atoms with Crippen LogP contribution in [0.4, 0.5) is 0 Å². The molecular formula is C26H20N4O4. The smallest absolute Gasteiger partial charge is 0.269 e. The normalized spacial score (nSPS) is 11.0. The summed E-state index contributed by atoms with van der Waals surface area (Å²) in [6.07, 6.45) is 2.75. The van der Waals surface area contributed by atoms with Crippen LogP contribution in [0.15, 0.2) is 89.4 Å². The van der Waals surface area contributed by atoms with Crippen LogP contribution in [-0.2, 0) is 11.3 Å². The van der Waals surface area contributed by atoms with E-state index in [9.17, 15) is 14.9 Å². The van der Waals surface area contributed by atoms with E-state index in [0.717, 1.165) is 5.56 Å². The fourth-order valence-electron chi connectivity index (χ4n) is 3.26. The number of nitriles is 1. The van der Waals surface area contributed by atoms with Crippen molar-refractivity contribution in [3.63, 3.8) is 0 Å². The number of nitrogens with zero attached hydrogens (tertiary/aromatic N) is 3. The predicted octanol–water partition coefficient (Wildman–Crippen LogP) is 3.72. The number of rotatable bonds is 7. The summed E-state index contributed by atoms with van der Waals surface area (Å²) in [5, 5.41) is 12.3. The average Bonchev–Trinajstić information content (AvgIpc) is 2.88. The molecule has 1 amide bonds. The van der Waals surface area contributed by atoms with Gasteiger partial charge in [-0.3, -0.25) is 14.0 Å². The van der Waals surface area contributed by atoms with E-state index in [-0.39, 0.29) is 23.6 Å². The third-order valence-electron chi connectivity index (χ3n) is 4.96. The number of hydrogen-bond acceptors (Lipinski definition) is 6.